The van der Waals surface area contributed by atoms with Crippen molar-refractivity contribution in [3.05, 3.63) is 83.9 Å². The molecule has 1 saturated carbocycles. The second-order valence-corrected chi connectivity index (χ2v) is 10.9. The molecule has 2 N–H and O–H groups in total. The van der Waals surface area contributed by atoms with Crippen LogP contribution >= 0.6 is 0 Å². The lowest BCUT2D eigenvalue weighted by molar-refractivity contribution is -0.120. The summed E-state index contributed by atoms with van der Waals surface area (Å²) in [5.41, 5.74) is 2.92. The van der Waals surface area contributed by atoms with Crippen molar-refractivity contribution in [2.45, 2.75) is 44.8 Å². The van der Waals surface area contributed by atoms with E-state index in [4.69, 9.17) is 19.4 Å². The number of hydrogen-bond acceptors (Lipinski definition) is 7. The van der Waals surface area contributed by atoms with E-state index in [2.05, 4.69) is 16.7 Å². The molecule has 1 heterocycles. The van der Waals surface area contributed by atoms with Gasteiger partial charge in [0.25, 0.3) is 0 Å². The van der Waals surface area contributed by atoms with Crippen LogP contribution in [0.3, 0.4) is 0 Å². The standard InChI is InChI=1S/C33H39N5O3/c1-38(2)32-27-11-7-8-12-28(27)36-33(37-32)35-26-16-13-23(14-17-26)21-34-31(39)20-25-15-18-29(30(19-25)40-3)41-22-24-9-5-4-6-10-24/h4-12,15,18-19,23,26H,13-14,16-17,20-22H2,1-3H3,(H,34,39)(H,35,36,37). The van der Waals surface area contributed by atoms with E-state index in [-0.39, 0.29) is 5.91 Å². The van der Waals surface area contributed by atoms with Crippen molar-refractivity contribution in [2.24, 2.45) is 5.92 Å². The number of anilines is 2. The number of fused-ring (bicyclic) bond motifs is 1. The lowest BCUT2D eigenvalue weighted by atomic mass is 9.86. The molecule has 0 atom stereocenters. The van der Waals surface area contributed by atoms with Crippen LogP contribution in [0.4, 0.5) is 11.8 Å². The predicted molar refractivity (Wildman–Crippen MR) is 164 cm³/mol. The molecule has 4 aromatic rings. The molecule has 0 unspecified atom stereocenters. The minimum absolute atomic E-state index is 0.0195. The second kappa shape index (κ2) is 13.4. The lowest BCUT2D eigenvalue weighted by Crippen LogP contribution is -2.34. The first kappa shape index (κ1) is 28.2. The number of nitrogens with one attached hydrogen (secondary N) is 2. The molecule has 0 bridgehead atoms. The highest BCUT2D eigenvalue weighted by Gasteiger charge is 2.23. The van der Waals surface area contributed by atoms with Crippen molar-refractivity contribution in [3.8, 4) is 11.5 Å². The lowest BCUT2D eigenvalue weighted by Gasteiger charge is -2.29. The third-order valence-electron chi connectivity index (χ3n) is 7.60. The molecule has 1 aliphatic rings. The van der Waals surface area contributed by atoms with Crippen LogP contribution in [0.1, 0.15) is 36.8 Å². The molecule has 41 heavy (non-hydrogen) atoms. The van der Waals surface area contributed by atoms with E-state index >= 15 is 0 Å². The molecule has 1 amide bonds. The van der Waals surface area contributed by atoms with Gasteiger partial charge in [-0.1, -0.05) is 48.5 Å². The van der Waals surface area contributed by atoms with Crippen LogP contribution < -0.4 is 25.0 Å². The van der Waals surface area contributed by atoms with Gasteiger partial charge in [-0.25, -0.2) is 4.98 Å². The Morgan fingerprint density at radius 1 is 0.902 bits per heavy atom. The van der Waals surface area contributed by atoms with E-state index in [9.17, 15) is 4.79 Å². The maximum absolute atomic E-state index is 12.7. The Hall–Kier alpha value is -4.33. The number of benzene rings is 3. The minimum atomic E-state index is 0.0195. The van der Waals surface area contributed by atoms with Crippen molar-refractivity contribution in [2.75, 3.05) is 38.0 Å². The van der Waals surface area contributed by atoms with Crippen LogP contribution in [-0.2, 0) is 17.8 Å². The van der Waals surface area contributed by atoms with Gasteiger partial charge in [0.2, 0.25) is 11.9 Å². The third kappa shape index (κ3) is 7.45. The first-order valence-electron chi connectivity index (χ1n) is 14.3. The Morgan fingerprint density at radius 3 is 2.41 bits per heavy atom. The molecule has 214 valence electrons. The average molecular weight is 554 g/mol. The number of para-hydroxylation sites is 1. The predicted octanol–water partition coefficient (Wildman–Crippen LogP) is 5.61. The van der Waals surface area contributed by atoms with Gasteiger partial charge in [-0.05, 0) is 67.0 Å². The van der Waals surface area contributed by atoms with Gasteiger partial charge >= 0.3 is 0 Å². The van der Waals surface area contributed by atoms with Crippen molar-refractivity contribution < 1.29 is 14.3 Å². The highest BCUT2D eigenvalue weighted by molar-refractivity contribution is 5.90. The zero-order valence-corrected chi connectivity index (χ0v) is 24.1. The van der Waals surface area contributed by atoms with Crippen molar-refractivity contribution in [1.82, 2.24) is 15.3 Å². The first-order valence-corrected chi connectivity index (χ1v) is 14.3. The zero-order chi connectivity index (χ0) is 28.6. The molecule has 5 rings (SSSR count). The maximum Gasteiger partial charge on any atom is 0.225 e. The smallest absolute Gasteiger partial charge is 0.225 e. The Bertz CT molecular complexity index is 1450. The molecule has 0 radical (unpaired) electrons. The van der Waals surface area contributed by atoms with E-state index in [1.807, 2.05) is 85.7 Å². The first-order chi connectivity index (χ1) is 20.0. The number of aromatic nitrogens is 2. The van der Waals surface area contributed by atoms with Crippen LogP contribution in [0.2, 0.25) is 0 Å². The largest absolute Gasteiger partial charge is 0.493 e. The summed E-state index contributed by atoms with van der Waals surface area (Å²) in [6, 6.07) is 24.1. The van der Waals surface area contributed by atoms with E-state index in [1.165, 1.54) is 0 Å². The summed E-state index contributed by atoms with van der Waals surface area (Å²) in [6.07, 6.45) is 4.45. The van der Waals surface area contributed by atoms with E-state index < -0.39 is 0 Å². The van der Waals surface area contributed by atoms with Crippen LogP contribution in [0.25, 0.3) is 10.9 Å². The molecule has 0 aliphatic heterocycles. The van der Waals surface area contributed by atoms with E-state index in [0.717, 1.165) is 53.5 Å². The Morgan fingerprint density at radius 2 is 1.66 bits per heavy atom. The van der Waals surface area contributed by atoms with Crippen molar-refractivity contribution >= 4 is 28.6 Å². The molecule has 1 aliphatic carbocycles. The normalized spacial score (nSPS) is 16.7. The number of hydrogen-bond donors (Lipinski definition) is 2. The van der Waals surface area contributed by atoms with Crippen LogP contribution in [0.15, 0.2) is 72.8 Å². The summed E-state index contributed by atoms with van der Waals surface area (Å²) in [7, 11) is 5.63. The third-order valence-corrected chi connectivity index (χ3v) is 7.60. The Balaban J connectivity index is 1.08. The van der Waals surface area contributed by atoms with Gasteiger partial charge in [0, 0.05) is 32.1 Å². The molecule has 8 heteroatoms. The number of nitrogens with zero attached hydrogens (tertiary/aromatic N) is 3. The van der Waals surface area contributed by atoms with Crippen LogP contribution in [0, 0.1) is 5.92 Å². The minimum Gasteiger partial charge on any atom is -0.493 e. The number of amides is 1. The van der Waals surface area contributed by atoms with Gasteiger partial charge < -0.3 is 25.0 Å². The van der Waals surface area contributed by atoms with Gasteiger partial charge in [-0.3, -0.25) is 4.79 Å². The molecular weight excluding hydrogens is 514 g/mol. The highest BCUT2D eigenvalue weighted by atomic mass is 16.5. The summed E-state index contributed by atoms with van der Waals surface area (Å²) in [5.74, 6) is 3.38. The fourth-order valence-corrected chi connectivity index (χ4v) is 5.34. The Kier molecular flexibility index (Phi) is 9.19. The molecule has 0 spiro atoms. The Labute approximate surface area is 242 Å². The van der Waals surface area contributed by atoms with Gasteiger partial charge in [0.15, 0.2) is 11.5 Å². The fourth-order valence-electron chi connectivity index (χ4n) is 5.34. The summed E-state index contributed by atoms with van der Waals surface area (Å²) < 4.78 is 11.5. The summed E-state index contributed by atoms with van der Waals surface area (Å²) in [6.45, 7) is 1.15. The number of carbonyl (C=O) groups is 1. The van der Waals surface area contributed by atoms with Crippen LogP contribution in [-0.4, -0.2) is 49.7 Å². The quantitative estimate of drug-likeness (QED) is 0.249. The topological polar surface area (TPSA) is 88.6 Å². The molecular formula is C33H39N5O3. The van der Waals surface area contributed by atoms with Gasteiger partial charge in [0.05, 0.1) is 19.0 Å². The number of methoxy groups -OCH3 is 1. The van der Waals surface area contributed by atoms with E-state index in [1.54, 1.807) is 7.11 Å². The average Bonchev–Trinajstić information content (AvgIpc) is 3.00. The molecule has 1 fully saturated rings. The summed E-state index contributed by atoms with van der Waals surface area (Å²) in [4.78, 5) is 24.3. The second-order valence-electron chi connectivity index (χ2n) is 10.9. The SMILES string of the molecule is COc1cc(CC(=O)NCC2CCC(Nc3nc(N(C)C)c4ccccc4n3)CC2)ccc1OCc1ccccc1. The van der Waals surface area contributed by atoms with Gasteiger partial charge in [0.1, 0.15) is 12.4 Å². The number of carbonyl (C=O) groups excluding carboxylic acids is 1. The van der Waals surface area contributed by atoms with E-state index in [0.29, 0.717) is 49.0 Å². The van der Waals surface area contributed by atoms with Gasteiger partial charge in [-0.2, -0.15) is 4.98 Å². The molecule has 8 nitrogen and oxygen atoms in total. The maximum atomic E-state index is 12.7. The number of ether oxygens (including phenoxy) is 2. The molecule has 3 aromatic carbocycles. The highest BCUT2D eigenvalue weighted by Crippen LogP contribution is 2.30. The van der Waals surface area contributed by atoms with Gasteiger partial charge in [-0.15, -0.1) is 0 Å². The fraction of sp³-hybridized carbons (Fsp3) is 0.364. The monoisotopic (exact) mass is 553 g/mol. The zero-order valence-electron chi connectivity index (χ0n) is 24.1. The molecule has 0 saturated heterocycles. The molecule has 1 aromatic heterocycles. The van der Waals surface area contributed by atoms with Crippen LogP contribution in [0.5, 0.6) is 11.5 Å². The van der Waals surface area contributed by atoms with Crippen molar-refractivity contribution in [1.29, 1.82) is 0 Å². The number of rotatable bonds is 11. The van der Waals surface area contributed by atoms with Crippen molar-refractivity contribution in [3.63, 3.8) is 0 Å². The summed E-state index contributed by atoms with van der Waals surface area (Å²) in [5, 5.41) is 7.75. The summed E-state index contributed by atoms with van der Waals surface area (Å²) >= 11 is 0.